The third-order valence-electron chi connectivity index (χ3n) is 3.70. The Morgan fingerprint density at radius 2 is 2.05 bits per heavy atom. The number of rotatable bonds is 9. The normalized spacial score (nSPS) is 12.3. The summed E-state index contributed by atoms with van der Waals surface area (Å²) in [5.41, 5.74) is 2.42. The van der Waals surface area contributed by atoms with Gasteiger partial charge in [0, 0.05) is 18.0 Å². The largest absolute Gasteiger partial charge is 0.375 e. The van der Waals surface area contributed by atoms with Crippen molar-refractivity contribution >= 4 is 16.5 Å². The maximum atomic E-state index is 5.67. The van der Waals surface area contributed by atoms with Crippen molar-refractivity contribution in [3.05, 3.63) is 46.5 Å². The van der Waals surface area contributed by atoms with Gasteiger partial charge in [-0.05, 0) is 24.8 Å². The zero-order valence-corrected chi connectivity index (χ0v) is 14.6. The Morgan fingerprint density at radius 3 is 2.77 bits per heavy atom. The van der Waals surface area contributed by atoms with Crippen molar-refractivity contribution in [2.24, 2.45) is 0 Å². The predicted molar refractivity (Wildman–Crippen MR) is 94.8 cm³/mol. The SMILES string of the molecule is CCCCOCc1nc(NCC(C)c2ccccc2)sc1C. The number of nitrogens with one attached hydrogen (secondary N) is 1. The van der Waals surface area contributed by atoms with E-state index in [9.17, 15) is 0 Å². The molecule has 0 bridgehead atoms. The van der Waals surface area contributed by atoms with E-state index in [1.165, 1.54) is 16.9 Å². The quantitative estimate of drug-likeness (QED) is 0.662. The lowest BCUT2D eigenvalue weighted by atomic mass is 10.0. The average molecular weight is 318 g/mol. The minimum atomic E-state index is 0.467. The Kier molecular flexibility index (Phi) is 6.87. The molecule has 0 amide bonds. The van der Waals surface area contributed by atoms with E-state index in [-0.39, 0.29) is 0 Å². The van der Waals surface area contributed by atoms with Crippen molar-refractivity contribution in [1.29, 1.82) is 0 Å². The average Bonchev–Trinajstić information content (AvgIpc) is 2.90. The molecule has 0 saturated carbocycles. The lowest BCUT2D eigenvalue weighted by Crippen LogP contribution is -2.09. The van der Waals surface area contributed by atoms with Crippen LogP contribution in [0.3, 0.4) is 0 Å². The lowest BCUT2D eigenvalue weighted by molar-refractivity contribution is 0.115. The number of anilines is 1. The number of aryl methyl sites for hydroxylation is 1. The molecule has 0 radical (unpaired) electrons. The first-order valence-corrected chi connectivity index (χ1v) is 8.85. The van der Waals surface area contributed by atoms with Gasteiger partial charge in [0.05, 0.1) is 12.3 Å². The van der Waals surface area contributed by atoms with Crippen molar-refractivity contribution in [1.82, 2.24) is 4.98 Å². The Morgan fingerprint density at radius 1 is 1.27 bits per heavy atom. The topological polar surface area (TPSA) is 34.1 Å². The van der Waals surface area contributed by atoms with E-state index in [4.69, 9.17) is 4.74 Å². The molecule has 2 aromatic rings. The van der Waals surface area contributed by atoms with E-state index in [1.807, 2.05) is 0 Å². The summed E-state index contributed by atoms with van der Waals surface area (Å²) in [6.07, 6.45) is 2.28. The summed E-state index contributed by atoms with van der Waals surface area (Å²) in [6.45, 7) is 8.86. The van der Waals surface area contributed by atoms with Crippen molar-refractivity contribution in [3.8, 4) is 0 Å². The molecule has 0 aliphatic rings. The Bertz CT molecular complexity index is 553. The highest BCUT2D eigenvalue weighted by atomic mass is 32.1. The molecule has 1 aromatic carbocycles. The summed E-state index contributed by atoms with van der Waals surface area (Å²) in [6, 6.07) is 10.6. The van der Waals surface area contributed by atoms with E-state index in [1.54, 1.807) is 11.3 Å². The summed E-state index contributed by atoms with van der Waals surface area (Å²) in [5.74, 6) is 0.467. The van der Waals surface area contributed by atoms with Gasteiger partial charge in [0.1, 0.15) is 0 Å². The first kappa shape index (κ1) is 17.0. The number of nitrogens with zero attached hydrogens (tertiary/aromatic N) is 1. The van der Waals surface area contributed by atoms with Gasteiger partial charge in [0.25, 0.3) is 0 Å². The van der Waals surface area contributed by atoms with Gasteiger partial charge >= 0.3 is 0 Å². The van der Waals surface area contributed by atoms with Crippen molar-refractivity contribution in [2.45, 2.75) is 46.1 Å². The third-order valence-corrected chi connectivity index (χ3v) is 4.67. The summed E-state index contributed by atoms with van der Waals surface area (Å²) < 4.78 is 5.67. The first-order valence-electron chi connectivity index (χ1n) is 8.03. The number of hydrogen-bond donors (Lipinski definition) is 1. The van der Waals surface area contributed by atoms with Crippen LogP contribution < -0.4 is 5.32 Å². The third kappa shape index (κ3) is 5.11. The van der Waals surface area contributed by atoms with Crippen molar-refractivity contribution in [2.75, 3.05) is 18.5 Å². The number of ether oxygens (including phenoxy) is 1. The summed E-state index contributed by atoms with van der Waals surface area (Å²) in [4.78, 5) is 5.90. The number of hydrogen-bond acceptors (Lipinski definition) is 4. The molecule has 0 fully saturated rings. The monoisotopic (exact) mass is 318 g/mol. The van der Waals surface area contributed by atoms with Gasteiger partial charge in [-0.3, -0.25) is 0 Å². The molecular weight excluding hydrogens is 292 g/mol. The summed E-state index contributed by atoms with van der Waals surface area (Å²) >= 11 is 1.71. The molecule has 1 heterocycles. The molecule has 1 aromatic heterocycles. The van der Waals surface area contributed by atoms with Crippen LogP contribution in [-0.2, 0) is 11.3 Å². The molecule has 4 heteroatoms. The van der Waals surface area contributed by atoms with E-state index in [2.05, 4.69) is 61.4 Å². The molecule has 0 spiro atoms. The number of benzene rings is 1. The zero-order valence-electron chi connectivity index (χ0n) is 13.8. The van der Waals surface area contributed by atoms with Crippen LogP contribution in [-0.4, -0.2) is 18.1 Å². The number of unbranched alkanes of at least 4 members (excludes halogenated alkanes) is 1. The van der Waals surface area contributed by atoms with Crippen LogP contribution in [0.2, 0.25) is 0 Å². The van der Waals surface area contributed by atoms with Crippen LogP contribution in [0.4, 0.5) is 5.13 Å². The molecule has 2 rings (SSSR count). The van der Waals surface area contributed by atoms with Crippen LogP contribution in [0.15, 0.2) is 30.3 Å². The van der Waals surface area contributed by atoms with Crippen LogP contribution in [0.1, 0.15) is 48.7 Å². The molecular formula is C18H26N2OS. The van der Waals surface area contributed by atoms with Gasteiger partial charge in [-0.1, -0.05) is 50.6 Å². The fraction of sp³-hybridized carbons (Fsp3) is 0.500. The Hall–Kier alpha value is -1.39. The second-order valence-corrected chi connectivity index (χ2v) is 6.82. The smallest absolute Gasteiger partial charge is 0.183 e. The highest BCUT2D eigenvalue weighted by Crippen LogP contribution is 2.24. The molecule has 3 nitrogen and oxygen atoms in total. The second kappa shape index (κ2) is 8.91. The molecule has 1 unspecified atom stereocenters. The van der Waals surface area contributed by atoms with Crippen molar-refractivity contribution in [3.63, 3.8) is 0 Å². The maximum absolute atomic E-state index is 5.67. The van der Waals surface area contributed by atoms with E-state index in [0.29, 0.717) is 12.5 Å². The molecule has 0 aliphatic heterocycles. The van der Waals surface area contributed by atoms with Crippen LogP contribution in [0.25, 0.3) is 0 Å². The molecule has 120 valence electrons. The predicted octanol–water partition coefficient (Wildman–Crippen LogP) is 4.98. The van der Waals surface area contributed by atoms with Gasteiger partial charge < -0.3 is 10.1 Å². The van der Waals surface area contributed by atoms with Crippen LogP contribution in [0.5, 0.6) is 0 Å². The lowest BCUT2D eigenvalue weighted by Gasteiger charge is -2.12. The van der Waals surface area contributed by atoms with Crippen LogP contribution >= 0.6 is 11.3 Å². The second-order valence-electron chi connectivity index (χ2n) is 5.62. The van der Waals surface area contributed by atoms with E-state index < -0.39 is 0 Å². The standard InChI is InChI=1S/C18H26N2OS/c1-4-5-11-21-13-17-15(3)22-18(20-17)19-12-14(2)16-9-7-6-8-10-16/h6-10,14H,4-5,11-13H2,1-3H3,(H,19,20). The minimum Gasteiger partial charge on any atom is -0.375 e. The number of aromatic nitrogens is 1. The highest BCUT2D eigenvalue weighted by Gasteiger charge is 2.10. The maximum Gasteiger partial charge on any atom is 0.183 e. The van der Waals surface area contributed by atoms with Gasteiger partial charge in [0.15, 0.2) is 5.13 Å². The van der Waals surface area contributed by atoms with Gasteiger partial charge in [0.2, 0.25) is 0 Å². The Balaban J connectivity index is 1.83. The van der Waals surface area contributed by atoms with Gasteiger partial charge in [-0.15, -0.1) is 11.3 Å². The summed E-state index contributed by atoms with van der Waals surface area (Å²) in [7, 11) is 0. The fourth-order valence-corrected chi connectivity index (χ4v) is 3.02. The molecule has 0 saturated heterocycles. The minimum absolute atomic E-state index is 0.467. The molecule has 0 aliphatic carbocycles. The fourth-order valence-electron chi connectivity index (χ4n) is 2.19. The molecule has 1 N–H and O–H groups in total. The highest BCUT2D eigenvalue weighted by molar-refractivity contribution is 7.15. The molecule has 1 atom stereocenters. The number of thiazole rings is 1. The van der Waals surface area contributed by atoms with E-state index in [0.717, 1.165) is 30.4 Å². The van der Waals surface area contributed by atoms with Crippen LogP contribution in [0, 0.1) is 6.92 Å². The molecule has 22 heavy (non-hydrogen) atoms. The van der Waals surface area contributed by atoms with E-state index >= 15 is 0 Å². The van der Waals surface area contributed by atoms with Gasteiger partial charge in [-0.2, -0.15) is 0 Å². The van der Waals surface area contributed by atoms with Crippen molar-refractivity contribution < 1.29 is 4.74 Å². The first-order chi connectivity index (χ1) is 10.7. The zero-order chi connectivity index (χ0) is 15.8. The Labute approximate surface area is 137 Å². The summed E-state index contributed by atoms with van der Waals surface area (Å²) in [5, 5.41) is 4.45. The van der Waals surface area contributed by atoms with Gasteiger partial charge in [-0.25, -0.2) is 4.98 Å².